The molecule has 1 N–H and O–H groups in total. The fourth-order valence-electron chi connectivity index (χ4n) is 1.64. The van der Waals surface area contributed by atoms with Gasteiger partial charge >= 0.3 is 6.18 Å². The van der Waals surface area contributed by atoms with Crippen LogP contribution in [0.5, 0.6) is 5.75 Å². The molecule has 94 valence electrons. The van der Waals surface area contributed by atoms with Crippen molar-refractivity contribution in [3.63, 3.8) is 0 Å². The second-order valence-corrected chi connectivity index (χ2v) is 3.85. The highest BCUT2D eigenvalue weighted by molar-refractivity contribution is 5.29. The topological polar surface area (TPSA) is 21.3 Å². The Morgan fingerprint density at radius 3 is 2.24 bits per heavy atom. The van der Waals surface area contributed by atoms with Gasteiger partial charge in [-0.15, -0.1) is 0 Å². The average molecular weight is 249 g/mol. The third-order valence-corrected chi connectivity index (χ3v) is 2.56. The minimum atomic E-state index is -4.37. The molecule has 1 aromatic rings. The van der Waals surface area contributed by atoms with Gasteiger partial charge in [-0.05, 0) is 24.3 Å². The summed E-state index contributed by atoms with van der Waals surface area (Å²) in [5, 5.41) is 2.80. The van der Waals surface area contributed by atoms with Crippen molar-refractivity contribution in [2.75, 3.05) is 13.1 Å². The van der Waals surface area contributed by atoms with Gasteiger partial charge in [0.2, 0.25) is 0 Å². The summed E-state index contributed by atoms with van der Waals surface area (Å²) in [4.78, 5) is 0. The summed E-state index contributed by atoms with van der Waals surface area (Å²) in [5.41, 5.74) is -0.744. The molecule has 1 heterocycles. The number of hydrogen-bond donors (Lipinski definition) is 1. The minimum absolute atomic E-state index is 0.214. The summed E-state index contributed by atoms with van der Waals surface area (Å²) in [6, 6.07) is 4.25. The zero-order valence-corrected chi connectivity index (χ0v) is 8.80. The van der Waals surface area contributed by atoms with Crippen LogP contribution in [0.25, 0.3) is 0 Å². The smallest absolute Gasteiger partial charge is 0.416 e. The molecule has 2 atom stereocenters. The molecule has 0 aliphatic carbocycles. The monoisotopic (exact) mass is 249 g/mol. The summed E-state index contributed by atoms with van der Waals surface area (Å²) < 4.78 is 55.3. The first kappa shape index (κ1) is 12.2. The molecule has 0 spiro atoms. The van der Waals surface area contributed by atoms with Crippen molar-refractivity contribution in [2.24, 2.45) is 0 Å². The van der Waals surface area contributed by atoms with Gasteiger partial charge in [0.25, 0.3) is 0 Å². The summed E-state index contributed by atoms with van der Waals surface area (Å²) >= 11 is 0. The molecule has 6 heteroatoms. The molecule has 2 rings (SSSR count). The highest BCUT2D eigenvalue weighted by Crippen LogP contribution is 2.30. The lowest BCUT2D eigenvalue weighted by molar-refractivity contribution is -0.137. The van der Waals surface area contributed by atoms with Crippen LogP contribution in [0.1, 0.15) is 5.56 Å². The Balaban J connectivity index is 2.03. The zero-order valence-electron chi connectivity index (χ0n) is 8.80. The van der Waals surface area contributed by atoms with E-state index in [1.807, 2.05) is 0 Å². The first-order valence-corrected chi connectivity index (χ1v) is 5.15. The Morgan fingerprint density at radius 1 is 1.12 bits per heavy atom. The maximum atomic E-state index is 13.2. The minimum Gasteiger partial charge on any atom is -0.486 e. The summed E-state index contributed by atoms with van der Waals surface area (Å²) in [6.45, 7) is 0.577. The van der Waals surface area contributed by atoms with Crippen LogP contribution in [0.2, 0.25) is 0 Å². The number of hydrogen-bond acceptors (Lipinski definition) is 2. The molecule has 0 aromatic heterocycles. The van der Waals surface area contributed by atoms with E-state index in [0.29, 0.717) is 6.54 Å². The maximum Gasteiger partial charge on any atom is 0.416 e. The Bertz CT molecular complexity index is 376. The van der Waals surface area contributed by atoms with Crippen molar-refractivity contribution >= 4 is 0 Å². The van der Waals surface area contributed by atoms with Gasteiger partial charge in [-0.2, -0.15) is 13.2 Å². The molecule has 1 aliphatic rings. The van der Waals surface area contributed by atoms with E-state index in [-0.39, 0.29) is 12.3 Å². The largest absolute Gasteiger partial charge is 0.486 e. The molecule has 0 saturated carbocycles. The standard InChI is InChI=1S/C11H11F4NO/c12-9-5-16-6-10(9)17-8-3-1-7(2-4-8)11(13,14)15/h1-4,9-10,16H,5-6H2/t9-,10-/m0/s1. The van der Waals surface area contributed by atoms with E-state index in [9.17, 15) is 17.6 Å². The van der Waals surface area contributed by atoms with E-state index in [4.69, 9.17) is 4.74 Å². The molecule has 2 nitrogen and oxygen atoms in total. The number of nitrogens with one attached hydrogen (secondary N) is 1. The lowest BCUT2D eigenvalue weighted by Crippen LogP contribution is -2.26. The van der Waals surface area contributed by atoms with E-state index in [0.717, 1.165) is 12.1 Å². The highest BCUT2D eigenvalue weighted by Gasteiger charge is 2.31. The number of ether oxygens (including phenoxy) is 1. The van der Waals surface area contributed by atoms with Crippen LogP contribution in [0.3, 0.4) is 0 Å². The second kappa shape index (κ2) is 4.52. The van der Waals surface area contributed by atoms with Crippen molar-refractivity contribution < 1.29 is 22.3 Å². The second-order valence-electron chi connectivity index (χ2n) is 3.85. The highest BCUT2D eigenvalue weighted by atomic mass is 19.4. The molecule has 1 aliphatic heterocycles. The van der Waals surface area contributed by atoms with Crippen LogP contribution in [0.4, 0.5) is 17.6 Å². The van der Waals surface area contributed by atoms with Crippen molar-refractivity contribution in [3.05, 3.63) is 29.8 Å². The van der Waals surface area contributed by atoms with E-state index >= 15 is 0 Å². The van der Waals surface area contributed by atoms with Crippen LogP contribution in [0.15, 0.2) is 24.3 Å². The molecule has 1 fully saturated rings. The number of alkyl halides is 4. The molecular formula is C11H11F4NO. The van der Waals surface area contributed by atoms with Gasteiger partial charge in [0.15, 0.2) is 6.17 Å². The van der Waals surface area contributed by atoms with Crippen LogP contribution in [0, 0.1) is 0 Å². The normalized spacial score (nSPS) is 24.9. The van der Waals surface area contributed by atoms with E-state index in [1.54, 1.807) is 0 Å². The van der Waals surface area contributed by atoms with Gasteiger partial charge in [0.05, 0.1) is 5.56 Å². The van der Waals surface area contributed by atoms with Crippen LogP contribution >= 0.6 is 0 Å². The van der Waals surface area contributed by atoms with E-state index in [1.165, 1.54) is 12.1 Å². The summed E-state index contributed by atoms with van der Waals surface area (Å²) in [6.07, 6.45) is -6.13. The molecule has 1 saturated heterocycles. The maximum absolute atomic E-state index is 13.2. The molecule has 0 radical (unpaired) electrons. The SMILES string of the molecule is F[C@H]1CNC[C@@H]1Oc1ccc(C(F)(F)F)cc1. The Hall–Kier alpha value is -1.30. The third-order valence-electron chi connectivity index (χ3n) is 2.56. The number of halogens is 4. The molecule has 17 heavy (non-hydrogen) atoms. The van der Waals surface area contributed by atoms with Gasteiger partial charge in [-0.25, -0.2) is 4.39 Å². The fraction of sp³-hybridized carbons (Fsp3) is 0.455. The van der Waals surface area contributed by atoms with Gasteiger partial charge in [0.1, 0.15) is 11.9 Å². The lowest BCUT2D eigenvalue weighted by Gasteiger charge is -2.15. The quantitative estimate of drug-likeness (QED) is 0.812. The molecule has 0 amide bonds. The van der Waals surface area contributed by atoms with Crippen molar-refractivity contribution in [3.8, 4) is 5.75 Å². The van der Waals surface area contributed by atoms with E-state index < -0.39 is 24.0 Å². The van der Waals surface area contributed by atoms with Gasteiger partial charge in [0, 0.05) is 13.1 Å². The molecule has 1 aromatic carbocycles. The number of benzene rings is 1. The predicted octanol–water partition coefficient (Wildman–Crippen LogP) is 2.39. The van der Waals surface area contributed by atoms with Crippen LogP contribution in [-0.4, -0.2) is 25.4 Å². The fourth-order valence-corrected chi connectivity index (χ4v) is 1.64. The molecular weight excluding hydrogens is 238 g/mol. The van der Waals surface area contributed by atoms with Crippen LogP contribution < -0.4 is 10.1 Å². The predicted molar refractivity (Wildman–Crippen MR) is 53.6 cm³/mol. The summed E-state index contributed by atoms with van der Waals surface area (Å²) in [5.74, 6) is 0.245. The zero-order chi connectivity index (χ0) is 12.5. The average Bonchev–Trinajstić information content (AvgIpc) is 2.64. The van der Waals surface area contributed by atoms with Crippen LogP contribution in [-0.2, 0) is 6.18 Å². The molecule has 0 unspecified atom stereocenters. The first-order chi connectivity index (χ1) is 7.97. The van der Waals surface area contributed by atoms with Gasteiger partial charge in [-0.3, -0.25) is 0 Å². The Kier molecular flexibility index (Phi) is 3.24. The number of rotatable bonds is 2. The van der Waals surface area contributed by atoms with Crippen molar-refractivity contribution in [1.29, 1.82) is 0 Å². The summed E-state index contributed by atoms with van der Waals surface area (Å²) in [7, 11) is 0. The van der Waals surface area contributed by atoms with Gasteiger partial charge in [-0.1, -0.05) is 0 Å². The lowest BCUT2D eigenvalue weighted by atomic mass is 10.2. The Labute approximate surface area is 95.6 Å². The van der Waals surface area contributed by atoms with Crippen molar-refractivity contribution in [1.82, 2.24) is 5.32 Å². The third kappa shape index (κ3) is 2.88. The first-order valence-electron chi connectivity index (χ1n) is 5.15. The molecule has 0 bridgehead atoms. The van der Waals surface area contributed by atoms with Crippen molar-refractivity contribution in [2.45, 2.75) is 18.5 Å². The Morgan fingerprint density at radius 2 is 1.76 bits per heavy atom. The van der Waals surface area contributed by atoms with Gasteiger partial charge < -0.3 is 10.1 Å². The van der Waals surface area contributed by atoms with E-state index in [2.05, 4.69) is 5.32 Å².